The van der Waals surface area contributed by atoms with Crippen LogP contribution in [0.1, 0.15) is 10.7 Å². The molecule has 0 radical (unpaired) electrons. The zero-order chi connectivity index (χ0) is 15.6. The van der Waals surface area contributed by atoms with Crippen molar-refractivity contribution < 1.29 is 9.47 Å². The van der Waals surface area contributed by atoms with Crippen LogP contribution in [-0.4, -0.2) is 22.0 Å². The summed E-state index contributed by atoms with van der Waals surface area (Å²) in [6, 6.07) is 9.74. The third kappa shape index (κ3) is 3.16. The molecule has 0 unspecified atom stereocenters. The summed E-state index contributed by atoms with van der Waals surface area (Å²) in [5.74, 6) is 2.33. The number of benzene rings is 1. The Labute approximate surface area is 141 Å². The van der Waals surface area contributed by atoms with E-state index in [0.717, 1.165) is 44.2 Å². The second-order valence-electron chi connectivity index (χ2n) is 4.97. The fraction of sp³-hybridized carbons (Fsp3) is 0.188. The van der Waals surface area contributed by atoms with Crippen LogP contribution in [0.15, 0.2) is 40.7 Å². The molecule has 0 aliphatic carbocycles. The lowest BCUT2D eigenvalue weighted by molar-refractivity contribution is 0.174. The van der Waals surface area contributed by atoms with Crippen LogP contribution >= 0.6 is 23.1 Å². The number of thioether (sulfide) groups is 1. The highest BCUT2D eigenvalue weighted by Crippen LogP contribution is 2.35. The zero-order valence-electron chi connectivity index (χ0n) is 12.4. The van der Waals surface area contributed by atoms with Gasteiger partial charge in [-0.1, -0.05) is 11.8 Å². The summed E-state index contributed by atoms with van der Waals surface area (Å²) in [7, 11) is 0. The second-order valence-corrected chi connectivity index (χ2v) is 7.03. The van der Waals surface area contributed by atoms with Gasteiger partial charge in [-0.2, -0.15) is 0 Å². The molecule has 3 aromatic rings. The fourth-order valence-electron chi connectivity index (χ4n) is 2.23. The van der Waals surface area contributed by atoms with Gasteiger partial charge in [0.2, 0.25) is 6.79 Å². The smallest absolute Gasteiger partial charge is 0.231 e. The minimum Gasteiger partial charge on any atom is -0.454 e. The predicted octanol–water partition coefficient (Wildman–Crippen LogP) is 3.93. The number of thiazole rings is 1. The van der Waals surface area contributed by atoms with E-state index in [0.29, 0.717) is 0 Å². The van der Waals surface area contributed by atoms with E-state index >= 15 is 0 Å². The third-order valence-corrected chi connectivity index (χ3v) is 5.12. The fourth-order valence-corrected chi connectivity index (χ4v) is 3.65. The van der Waals surface area contributed by atoms with Crippen molar-refractivity contribution in [1.82, 2.24) is 15.2 Å². The minimum atomic E-state index is 0.274. The largest absolute Gasteiger partial charge is 0.454 e. The highest BCUT2D eigenvalue weighted by atomic mass is 32.2. The average Bonchev–Trinajstić information content (AvgIpc) is 3.21. The molecule has 0 bridgehead atoms. The highest BCUT2D eigenvalue weighted by molar-refractivity contribution is 7.98. The topological polar surface area (TPSA) is 57.1 Å². The van der Waals surface area contributed by atoms with E-state index in [1.54, 1.807) is 23.1 Å². The Morgan fingerprint density at radius 3 is 2.83 bits per heavy atom. The molecule has 0 N–H and O–H groups in total. The van der Waals surface area contributed by atoms with Crippen molar-refractivity contribution in [3.8, 4) is 22.8 Å². The second kappa shape index (κ2) is 6.17. The lowest BCUT2D eigenvalue weighted by Gasteiger charge is -2.03. The lowest BCUT2D eigenvalue weighted by atomic mass is 10.1. The maximum absolute atomic E-state index is 5.39. The maximum Gasteiger partial charge on any atom is 0.231 e. The van der Waals surface area contributed by atoms with Crippen LogP contribution in [-0.2, 0) is 5.75 Å². The quantitative estimate of drug-likeness (QED) is 0.669. The normalized spacial score (nSPS) is 12.6. The number of fused-ring (bicyclic) bond motifs is 1. The Morgan fingerprint density at radius 1 is 1.13 bits per heavy atom. The summed E-state index contributed by atoms with van der Waals surface area (Å²) in [5.41, 5.74) is 2.87. The molecule has 0 atom stereocenters. The van der Waals surface area contributed by atoms with Gasteiger partial charge in [0, 0.05) is 16.7 Å². The SMILES string of the molecule is Cc1nc(CSc2ccc(-c3ccc4c(c3)OCO4)nn2)cs1. The minimum absolute atomic E-state index is 0.274. The summed E-state index contributed by atoms with van der Waals surface area (Å²) in [5, 5.41) is 12.7. The summed E-state index contributed by atoms with van der Waals surface area (Å²) in [4.78, 5) is 4.45. The van der Waals surface area contributed by atoms with Crippen LogP contribution in [0.2, 0.25) is 0 Å². The lowest BCUT2D eigenvalue weighted by Crippen LogP contribution is -1.93. The Bertz CT molecular complexity index is 834. The van der Waals surface area contributed by atoms with E-state index in [1.165, 1.54) is 0 Å². The van der Waals surface area contributed by atoms with Crippen LogP contribution in [0.4, 0.5) is 0 Å². The van der Waals surface area contributed by atoms with Crippen molar-refractivity contribution in [2.24, 2.45) is 0 Å². The van der Waals surface area contributed by atoms with E-state index in [-0.39, 0.29) is 6.79 Å². The summed E-state index contributed by atoms with van der Waals surface area (Å²) >= 11 is 3.30. The van der Waals surface area contributed by atoms with E-state index in [1.807, 2.05) is 37.3 Å². The van der Waals surface area contributed by atoms with E-state index in [4.69, 9.17) is 9.47 Å². The van der Waals surface area contributed by atoms with Crippen LogP contribution in [0.25, 0.3) is 11.3 Å². The van der Waals surface area contributed by atoms with Crippen LogP contribution in [0.5, 0.6) is 11.5 Å². The number of aromatic nitrogens is 3. The van der Waals surface area contributed by atoms with Crippen LogP contribution in [0.3, 0.4) is 0 Å². The molecule has 5 nitrogen and oxygen atoms in total. The molecule has 0 fully saturated rings. The zero-order valence-corrected chi connectivity index (χ0v) is 14.0. The van der Waals surface area contributed by atoms with E-state index in [2.05, 4.69) is 20.6 Å². The van der Waals surface area contributed by atoms with Gasteiger partial charge < -0.3 is 9.47 Å². The Hall–Kier alpha value is -2.12. The van der Waals surface area contributed by atoms with Gasteiger partial charge in [0.1, 0.15) is 5.03 Å². The predicted molar refractivity (Wildman–Crippen MR) is 90.0 cm³/mol. The molecular formula is C16H13N3O2S2. The first-order valence-corrected chi connectivity index (χ1v) is 8.92. The first kappa shape index (κ1) is 14.5. The van der Waals surface area contributed by atoms with Crippen molar-refractivity contribution in [2.45, 2.75) is 17.7 Å². The van der Waals surface area contributed by atoms with Crippen molar-refractivity contribution in [1.29, 1.82) is 0 Å². The van der Waals surface area contributed by atoms with Gasteiger partial charge in [-0.15, -0.1) is 21.5 Å². The molecule has 7 heteroatoms. The van der Waals surface area contributed by atoms with E-state index in [9.17, 15) is 0 Å². The summed E-state index contributed by atoms with van der Waals surface area (Å²) in [6.07, 6.45) is 0. The molecule has 0 saturated heterocycles. The summed E-state index contributed by atoms with van der Waals surface area (Å²) in [6.45, 7) is 2.29. The van der Waals surface area contributed by atoms with Gasteiger partial charge in [-0.25, -0.2) is 4.98 Å². The average molecular weight is 343 g/mol. The molecule has 116 valence electrons. The molecule has 0 saturated carbocycles. The van der Waals surface area contributed by atoms with Gasteiger partial charge in [0.25, 0.3) is 0 Å². The molecule has 3 heterocycles. The number of hydrogen-bond acceptors (Lipinski definition) is 7. The molecule has 0 spiro atoms. The molecule has 23 heavy (non-hydrogen) atoms. The first-order chi connectivity index (χ1) is 11.3. The molecule has 0 amide bonds. The number of ether oxygens (including phenoxy) is 2. The maximum atomic E-state index is 5.39. The first-order valence-electron chi connectivity index (χ1n) is 7.05. The number of nitrogens with zero attached hydrogens (tertiary/aromatic N) is 3. The standard InChI is InChI=1S/C16H13N3O2S2/c1-10-17-12(7-22-10)8-23-16-5-3-13(18-19-16)11-2-4-14-15(6-11)21-9-20-14/h2-7H,8-9H2,1H3. The Balaban J connectivity index is 1.47. The van der Waals surface area contributed by atoms with Gasteiger partial charge in [0.15, 0.2) is 11.5 Å². The highest BCUT2D eigenvalue weighted by Gasteiger charge is 2.14. The van der Waals surface area contributed by atoms with Gasteiger partial charge in [-0.3, -0.25) is 0 Å². The molecule has 1 aromatic carbocycles. The Kier molecular flexibility index (Phi) is 3.88. The van der Waals surface area contributed by atoms with Crippen molar-refractivity contribution in [3.05, 3.63) is 46.4 Å². The molecule has 1 aliphatic rings. The van der Waals surface area contributed by atoms with Gasteiger partial charge >= 0.3 is 0 Å². The van der Waals surface area contributed by atoms with Gasteiger partial charge in [0.05, 0.1) is 16.4 Å². The third-order valence-electron chi connectivity index (χ3n) is 3.34. The number of aryl methyl sites for hydroxylation is 1. The monoisotopic (exact) mass is 343 g/mol. The molecule has 2 aromatic heterocycles. The molecular weight excluding hydrogens is 330 g/mol. The van der Waals surface area contributed by atoms with Crippen molar-refractivity contribution >= 4 is 23.1 Å². The Morgan fingerprint density at radius 2 is 2.04 bits per heavy atom. The van der Waals surface area contributed by atoms with Crippen molar-refractivity contribution in [3.63, 3.8) is 0 Å². The van der Waals surface area contributed by atoms with Gasteiger partial charge in [-0.05, 0) is 37.3 Å². The molecule has 1 aliphatic heterocycles. The van der Waals surface area contributed by atoms with Crippen LogP contribution in [0, 0.1) is 6.92 Å². The van der Waals surface area contributed by atoms with E-state index < -0.39 is 0 Å². The summed E-state index contributed by atoms with van der Waals surface area (Å²) < 4.78 is 10.7. The molecule has 4 rings (SSSR count). The number of hydrogen-bond donors (Lipinski definition) is 0. The number of rotatable bonds is 4. The van der Waals surface area contributed by atoms with Crippen LogP contribution < -0.4 is 9.47 Å². The van der Waals surface area contributed by atoms with Crippen molar-refractivity contribution in [2.75, 3.05) is 6.79 Å².